The maximum Gasteiger partial charge on any atom is 0.374 e. The van der Waals surface area contributed by atoms with Gasteiger partial charge in [-0.1, -0.05) is 24.6 Å². The molecule has 0 bridgehead atoms. The molecule has 0 radical (unpaired) electrons. The lowest BCUT2D eigenvalue weighted by atomic mass is 9.82. The van der Waals surface area contributed by atoms with E-state index in [1.807, 2.05) is 0 Å². The topological polar surface area (TPSA) is 89.9 Å². The largest absolute Gasteiger partial charge is 0.486 e. The van der Waals surface area contributed by atoms with Crippen molar-refractivity contribution in [3.8, 4) is 0 Å². The first-order valence-electron chi connectivity index (χ1n) is 7.71. The van der Waals surface area contributed by atoms with Gasteiger partial charge in [0.25, 0.3) is 0 Å². The van der Waals surface area contributed by atoms with Crippen LogP contribution in [0, 0.1) is 11.8 Å². The molecule has 2 rings (SSSR count). The number of hydrogen-bond acceptors (Lipinski definition) is 6. The van der Waals surface area contributed by atoms with E-state index >= 15 is 0 Å². The highest BCUT2D eigenvalue weighted by atomic mass is 32.2. The first-order valence-corrected chi connectivity index (χ1v) is 8.79. The Morgan fingerprint density at radius 2 is 2.08 bits per heavy atom. The van der Waals surface area contributed by atoms with Crippen molar-refractivity contribution >= 4 is 21.1 Å². The molecule has 0 spiro atoms. The Labute approximate surface area is 143 Å². The minimum absolute atomic E-state index is 0.0332. The van der Waals surface area contributed by atoms with E-state index in [4.69, 9.17) is 14.6 Å². The first kappa shape index (κ1) is 18.5. The monoisotopic (exact) mass is 354 g/mol. The Morgan fingerprint density at radius 1 is 1.42 bits per heavy atom. The van der Waals surface area contributed by atoms with E-state index in [2.05, 4.69) is 0 Å². The Balaban J connectivity index is 2.52. The quantitative estimate of drug-likeness (QED) is 0.593. The van der Waals surface area contributed by atoms with E-state index in [0.29, 0.717) is 5.57 Å². The van der Waals surface area contributed by atoms with Crippen LogP contribution in [0.5, 0.6) is 0 Å². The van der Waals surface area contributed by atoms with Crippen molar-refractivity contribution in [2.24, 2.45) is 11.8 Å². The lowest BCUT2D eigenvalue weighted by molar-refractivity contribution is -0.147. The fourth-order valence-corrected chi connectivity index (χ4v) is 3.43. The van der Waals surface area contributed by atoms with E-state index in [9.17, 15) is 13.2 Å². The first-order chi connectivity index (χ1) is 11.2. The number of hydrogen-bond donors (Lipinski definition) is 1. The Morgan fingerprint density at radius 3 is 2.67 bits per heavy atom. The van der Waals surface area contributed by atoms with Crippen LogP contribution in [0.4, 0.5) is 0 Å². The van der Waals surface area contributed by atoms with Gasteiger partial charge in [-0.25, -0.2) is 4.79 Å². The molecule has 0 aromatic carbocycles. The smallest absolute Gasteiger partial charge is 0.374 e. The van der Waals surface area contributed by atoms with Crippen LogP contribution >= 0.6 is 0 Å². The molecule has 1 aliphatic carbocycles. The maximum atomic E-state index is 12.2. The molecule has 1 N–H and O–H groups in total. The zero-order valence-electron chi connectivity index (χ0n) is 14.2. The highest BCUT2D eigenvalue weighted by Gasteiger charge is 2.46. The van der Waals surface area contributed by atoms with Crippen molar-refractivity contribution in [1.29, 1.82) is 0 Å². The van der Waals surface area contributed by atoms with Crippen molar-refractivity contribution in [3.63, 3.8) is 0 Å². The van der Waals surface area contributed by atoms with Gasteiger partial charge in [0.1, 0.15) is 5.60 Å². The number of esters is 1. The highest BCUT2D eigenvalue weighted by molar-refractivity contribution is 7.73. The SMILES string of the molecule is CC1=CC(=S(=O)=O)C(C2=C(OC[C@@H](C)CO)C(=O)OC2(C)C)C=C1. The normalized spacial score (nSPS) is 23.9. The molecule has 1 aliphatic heterocycles. The molecule has 2 aliphatic rings. The second kappa shape index (κ2) is 6.94. The summed E-state index contributed by atoms with van der Waals surface area (Å²) in [5.74, 6) is -1.36. The summed E-state index contributed by atoms with van der Waals surface area (Å²) in [6.45, 7) is 7.06. The summed E-state index contributed by atoms with van der Waals surface area (Å²) in [6, 6.07) is 0. The maximum absolute atomic E-state index is 12.2. The lowest BCUT2D eigenvalue weighted by Gasteiger charge is -2.27. The molecular weight excluding hydrogens is 332 g/mol. The second-order valence-electron chi connectivity index (χ2n) is 6.60. The third-order valence-corrected chi connectivity index (χ3v) is 4.74. The van der Waals surface area contributed by atoms with Crippen LogP contribution in [-0.2, 0) is 24.6 Å². The number of carbonyl (C=O) groups excluding carboxylic acids is 1. The molecule has 6 nitrogen and oxygen atoms in total. The third kappa shape index (κ3) is 3.62. The molecule has 0 amide bonds. The highest BCUT2D eigenvalue weighted by Crippen LogP contribution is 2.40. The van der Waals surface area contributed by atoms with Gasteiger partial charge < -0.3 is 14.6 Å². The molecule has 2 atom stereocenters. The van der Waals surface area contributed by atoms with Crippen LogP contribution in [0.2, 0.25) is 0 Å². The van der Waals surface area contributed by atoms with Crippen molar-refractivity contribution < 1.29 is 27.8 Å². The average Bonchev–Trinajstić information content (AvgIpc) is 2.73. The van der Waals surface area contributed by atoms with E-state index in [1.54, 1.807) is 45.9 Å². The van der Waals surface area contributed by atoms with Gasteiger partial charge in [-0.3, -0.25) is 0 Å². The van der Waals surface area contributed by atoms with Crippen LogP contribution in [-0.4, -0.2) is 43.2 Å². The van der Waals surface area contributed by atoms with Crippen molar-refractivity contribution in [1.82, 2.24) is 0 Å². The summed E-state index contributed by atoms with van der Waals surface area (Å²) < 4.78 is 34.3. The van der Waals surface area contributed by atoms with Gasteiger partial charge >= 0.3 is 5.97 Å². The molecule has 132 valence electrons. The number of cyclic esters (lactones) is 1. The zero-order valence-corrected chi connectivity index (χ0v) is 15.0. The minimum atomic E-state index is -2.43. The van der Waals surface area contributed by atoms with Crippen LogP contribution in [0.25, 0.3) is 0 Å². The molecular formula is C17H22O6S. The molecule has 1 unspecified atom stereocenters. The number of aliphatic hydroxyl groups excluding tert-OH is 1. The van der Waals surface area contributed by atoms with Gasteiger partial charge in [0, 0.05) is 24.0 Å². The van der Waals surface area contributed by atoms with Crippen LogP contribution in [0.3, 0.4) is 0 Å². The van der Waals surface area contributed by atoms with E-state index in [-0.39, 0.29) is 29.8 Å². The molecule has 7 heteroatoms. The molecule has 24 heavy (non-hydrogen) atoms. The van der Waals surface area contributed by atoms with Gasteiger partial charge in [-0.05, 0) is 26.8 Å². The number of aliphatic hydroxyl groups is 1. The Bertz CT molecular complexity index is 759. The van der Waals surface area contributed by atoms with Gasteiger partial charge in [0.2, 0.25) is 16.1 Å². The second-order valence-corrected chi connectivity index (χ2v) is 7.54. The fraction of sp³-hybridized carbons (Fsp3) is 0.529. The van der Waals surface area contributed by atoms with Crippen LogP contribution in [0.15, 0.2) is 35.1 Å². The summed E-state index contributed by atoms with van der Waals surface area (Å²) in [5, 5.41) is 9.12. The average molecular weight is 354 g/mol. The minimum Gasteiger partial charge on any atom is -0.486 e. The van der Waals surface area contributed by atoms with E-state index in [0.717, 1.165) is 5.57 Å². The van der Waals surface area contributed by atoms with Gasteiger partial charge in [-0.15, -0.1) is 0 Å². The predicted octanol–water partition coefficient (Wildman–Crippen LogP) is 1.40. The Kier molecular flexibility index (Phi) is 5.35. The Hall–Kier alpha value is -1.86. The fourth-order valence-electron chi connectivity index (χ4n) is 2.74. The zero-order chi connectivity index (χ0) is 18.1. The molecule has 0 saturated carbocycles. The number of rotatable bonds is 5. The lowest BCUT2D eigenvalue weighted by Crippen LogP contribution is -2.31. The summed E-state index contributed by atoms with van der Waals surface area (Å²) in [6.07, 6.45) is 5.12. The summed E-state index contributed by atoms with van der Waals surface area (Å²) in [5.41, 5.74) is 0.315. The number of carbonyl (C=O) groups is 1. The standard InChI is InChI=1S/C17H22O6S/c1-10-5-6-12(13(7-10)24(20)21)14-15(22-9-11(2)8-18)16(19)23-17(14,3)4/h5-7,11-12,18H,8-9H2,1-4H3/t11-,12?/m0/s1. The summed E-state index contributed by atoms with van der Waals surface area (Å²) in [4.78, 5) is 12.4. The summed E-state index contributed by atoms with van der Waals surface area (Å²) >= 11 is 0. The molecule has 0 fully saturated rings. The summed E-state index contributed by atoms with van der Waals surface area (Å²) in [7, 11) is -2.43. The van der Waals surface area contributed by atoms with E-state index in [1.165, 1.54) is 0 Å². The number of ether oxygens (including phenoxy) is 2. The van der Waals surface area contributed by atoms with Gasteiger partial charge in [-0.2, -0.15) is 8.42 Å². The van der Waals surface area contributed by atoms with E-state index < -0.39 is 27.8 Å². The molecule has 0 aromatic rings. The molecule has 0 saturated heterocycles. The molecule has 1 heterocycles. The van der Waals surface area contributed by atoms with Gasteiger partial charge in [0.15, 0.2) is 0 Å². The van der Waals surface area contributed by atoms with Crippen molar-refractivity contribution in [3.05, 3.63) is 35.1 Å². The van der Waals surface area contributed by atoms with Crippen LogP contribution < -0.4 is 0 Å². The van der Waals surface area contributed by atoms with Crippen molar-refractivity contribution in [2.75, 3.05) is 13.2 Å². The van der Waals surface area contributed by atoms with Gasteiger partial charge in [0.05, 0.1) is 11.5 Å². The van der Waals surface area contributed by atoms with Crippen molar-refractivity contribution in [2.45, 2.75) is 33.3 Å². The third-order valence-electron chi connectivity index (χ3n) is 3.98. The predicted molar refractivity (Wildman–Crippen MR) is 89.7 cm³/mol. The number of allylic oxidation sites excluding steroid dienone is 4. The molecule has 0 aromatic heterocycles. The van der Waals surface area contributed by atoms with Crippen LogP contribution in [0.1, 0.15) is 27.7 Å².